The molecule has 5 aromatic rings. The molecule has 166 valence electrons. The molecule has 0 saturated carbocycles. The van der Waals surface area contributed by atoms with Crippen molar-refractivity contribution in [3.8, 4) is 17.3 Å². The number of methoxy groups -OCH3 is 1. The largest absolute Gasteiger partial charge is 0.494 e. The topological polar surface area (TPSA) is 70.1 Å². The maximum absolute atomic E-state index is 11.4. The molecule has 0 bridgehead atoms. The predicted octanol–water partition coefficient (Wildman–Crippen LogP) is 3.77. The molecule has 0 aliphatic carbocycles. The SMILES string of the molecule is COc1cc(C=O)cc2nc(-c3cc4cccc5c4n3CCN5Cc3cnn(C)c3)n(C)c12. The molecule has 8 heteroatoms. The molecule has 4 heterocycles. The monoisotopic (exact) mass is 440 g/mol. The highest BCUT2D eigenvalue weighted by molar-refractivity contribution is 5.98. The number of benzene rings is 2. The van der Waals surface area contributed by atoms with Crippen molar-refractivity contribution in [1.29, 1.82) is 0 Å². The van der Waals surface area contributed by atoms with Gasteiger partial charge in [-0.15, -0.1) is 0 Å². The third-order valence-corrected chi connectivity index (χ3v) is 6.51. The van der Waals surface area contributed by atoms with Crippen molar-refractivity contribution in [1.82, 2.24) is 23.9 Å². The van der Waals surface area contributed by atoms with E-state index in [0.29, 0.717) is 11.3 Å². The molecular weight excluding hydrogens is 416 g/mol. The molecule has 0 fully saturated rings. The van der Waals surface area contributed by atoms with Crippen LogP contribution in [0.15, 0.2) is 48.8 Å². The van der Waals surface area contributed by atoms with Crippen molar-refractivity contribution in [2.75, 3.05) is 18.6 Å². The lowest BCUT2D eigenvalue weighted by molar-refractivity contribution is 0.112. The number of para-hydroxylation sites is 1. The van der Waals surface area contributed by atoms with Crippen LogP contribution >= 0.6 is 0 Å². The number of aryl methyl sites for hydroxylation is 2. The van der Waals surface area contributed by atoms with Crippen LogP contribution in [-0.4, -0.2) is 43.8 Å². The predicted molar refractivity (Wildman–Crippen MR) is 128 cm³/mol. The molecule has 0 amide bonds. The van der Waals surface area contributed by atoms with Crippen LogP contribution in [0.5, 0.6) is 5.75 Å². The van der Waals surface area contributed by atoms with Gasteiger partial charge in [-0.3, -0.25) is 9.48 Å². The molecule has 1 aliphatic heterocycles. The first-order valence-corrected chi connectivity index (χ1v) is 10.9. The number of aldehydes is 1. The van der Waals surface area contributed by atoms with Crippen molar-refractivity contribution in [2.24, 2.45) is 14.1 Å². The summed E-state index contributed by atoms with van der Waals surface area (Å²) in [5.74, 6) is 1.50. The van der Waals surface area contributed by atoms with Gasteiger partial charge in [-0.1, -0.05) is 12.1 Å². The van der Waals surface area contributed by atoms with E-state index in [4.69, 9.17) is 9.72 Å². The zero-order chi connectivity index (χ0) is 22.7. The van der Waals surface area contributed by atoms with E-state index in [1.807, 2.05) is 31.0 Å². The second-order valence-corrected chi connectivity index (χ2v) is 8.54. The van der Waals surface area contributed by atoms with Crippen LogP contribution in [0.1, 0.15) is 15.9 Å². The summed E-state index contributed by atoms with van der Waals surface area (Å²) >= 11 is 0. The Hall–Kier alpha value is -4.07. The maximum Gasteiger partial charge on any atom is 0.157 e. The van der Waals surface area contributed by atoms with Crippen LogP contribution in [-0.2, 0) is 27.2 Å². The quantitative estimate of drug-likeness (QED) is 0.389. The van der Waals surface area contributed by atoms with Crippen molar-refractivity contribution in [3.63, 3.8) is 0 Å². The Bertz CT molecular complexity index is 1540. The average Bonchev–Trinajstić information content (AvgIpc) is 3.51. The van der Waals surface area contributed by atoms with E-state index in [2.05, 4.69) is 49.6 Å². The summed E-state index contributed by atoms with van der Waals surface area (Å²) in [7, 11) is 5.56. The van der Waals surface area contributed by atoms with Crippen LogP contribution in [0.2, 0.25) is 0 Å². The Balaban J connectivity index is 1.51. The average molecular weight is 441 g/mol. The smallest absolute Gasteiger partial charge is 0.157 e. The normalized spacial score (nSPS) is 13.2. The Labute approximate surface area is 190 Å². The van der Waals surface area contributed by atoms with Crippen LogP contribution in [0.3, 0.4) is 0 Å². The van der Waals surface area contributed by atoms with Gasteiger partial charge in [0.05, 0.1) is 35.7 Å². The Morgan fingerprint density at radius 1 is 1.12 bits per heavy atom. The van der Waals surface area contributed by atoms with E-state index in [9.17, 15) is 4.79 Å². The zero-order valence-electron chi connectivity index (χ0n) is 18.8. The number of ether oxygens (including phenoxy) is 1. The van der Waals surface area contributed by atoms with Gasteiger partial charge in [-0.05, 0) is 24.3 Å². The lowest BCUT2D eigenvalue weighted by Gasteiger charge is -2.31. The van der Waals surface area contributed by atoms with Gasteiger partial charge < -0.3 is 18.8 Å². The summed E-state index contributed by atoms with van der Waals surface area (Å²) in [6, 6.07) is 12.2. The number of imidazole rings is 1. The fourth-order valence-corrected chi connectivity index (χ4v) is 5.04. The lowest BCUT2D eigenvalue weighted by Crippen LogP contribution is -2.31. The highest BCUT2D eigenvalue weighted by Gasteiger charge is 2.25. The molecule has 2 aromatic carbocycles. The van der Waals surface area contributed by atoms with E-state index in [1.165, 1.54) is 22.2 Å². The van der Waals surface area contributed by atoms with Crippen LogP contribution in [0, 0.1) is 0 Å². The van der Waals surface area contributed by atoms with Gasteiger partial charge in [0.15, 0.2) is 5.82 Å². The second-order valence-electron chi connectivity index (χ2n) is 8.54. The summed E-state index contributed by atoms with van der Waals surface area (Å²) in [4.78, 5) is 18.7. The summed E-state index contributed by atoms with van der Waals surface area (Å²) in [6.07, 6.45) is 4.83. The third-order valence-electron chi connectivity index (χ3n) is 6.51. The highest BCUT2D eigenvalue weighted by Crippen LogP contribution is 2.39. The summed E-state index contributed by atoms with van der Waals surface area (Å²) in [5, 5.41) is 5.50. The molecule has 0 N–H and O–H groups in total. The minimum absolute atomic E-state index is 0.555. The number of fused-ring (bicyclic) bond motifs is 1. The number of nitrogens with zero attached hydrogens (tertiary/aromatic N) is 6. The summed E-state index contributed by atoms with van der Waals surface area (Å²) in [6.45, 7) is 2.58. The van der Waals surface area contributed by atoms with Gasteiger partial charge in [0, 0.05) is 56.4 Å². The Morgan fingerprint density at radius 2 is 2.00 bits per heavy atom. The third kappa shape index (κ3) is 2.94. The molecule has 0 spiro atoms. The lowest BCUT2D eigenvalue weighted by atomic mass is 10.1. The molecule has 6 rings (SSSR count). The van der Waals surface area contributed by atoms with Crippen LogP contribution in [0.4, 0.5) is 5.69 Å². The highest BCUT2D eigenvalue weighted by atomic mass is 16.5. The van der Waals surface area contributed by atoms with Crippen LogP contribution in [0.25, 0.3) is 33.5 Å². The molecule has 3 aromatic heterocycles. The van der Waals surface area contributed by atoms with E-state index in [0.717, 1.165) is 48.5 Å². The molecule has 8 nitrogen and oxygen atoms in total. The van der Waals surface area contributed by atoms with E-state index < -0.39 is 0 Å². The van der Waals surface area contributed by atoms with Gasteiger partial charge >= 0.3 is 0 Å². The maximum atomic E-state index is 11.4. The minimum Gasteiger partial charge on any atom is -0.494 e. The van der Waals surface area contributed by atoms with E-state index in [-0.39, 0.29) is 0 Å². The van der Waals surface area contributed by atoms with E-state index in [1.54, 1.807) is 13.2 Å². The first-order valence-electron chi connectivity index (χ1n) is 10.9. The van der Waals surface area contributed by atoms with Gasteiger partial charge in [0.1, 0.15) is 17.6 Å². The molecule has 0 atom stereocenters. The van der Waals surface area contributed by atoms with Gasteiger partial charge in [0.25, 0.3) is 0 Å². The van der Waals surface area contributed by atoms with Gasteiger partial charge in [-0.2, -0.15) is 5.10 Å². The standard InChI is InChI=1S/C25H24N6O2/c1-28-13-17(12-26-28)14-30-7-8-31-21(11-18-5-4-6-20(30)23(18)31)25-27-19-9-16(15-32)10-22(33-3)24(19)29(25)2/h4-6,9-13,15H,7-8,14H2,1-3H3. The number of hydrogen-bond donors (Lipinski definition) is 0. The summed E-state index contributed by atoms with van der Waals surface area (Å²) < 4.78 is 11.8. The first kappa shape index (κ1) is 19.6. The van der Waals surface area contributed by atoms with E-state index >= 15 is 0 Å². The number of carbonyl (C=O) groups is 1. The molecular formula is C25H24N6O2. The van der Waals surface area contributed by atoms with Crippen molar-refractivity contribution in [2.45, 2.75) is 13.1 Å². The van der Waals surface area contributed by atoms with Gasteiger partial charge in [0.2, 0.25) is 0 Å². The molecule has 0 unspecified atom stereocenters. The Morgan fingerprint density at radius 3 is 2.76 bits per heavy atom. The number of rotatable bonds is 5. The van der Waals surface area contributed by atoms with Crippen LogP contribution < -0.4 is 9.64 Å². The van der Waals surface area contributed by atoms with Crippen molar-refractivity contribution in [3.05, 3.63) is 59.9 Å². The number of hydrogen-bond acceptors (Lipinski definition) is 5. The number of anilines is 1. The molecule has 0 radical (unpaired) electrons. The molecule has 1 aliphatic rings. The number of carbonyl (C=O) groups excluding carboxylic acids is 1. The van der Waals surface area contributed by atoms with Crippen molar-refractivity contribution >= 4 is 33.9 Å². The zero-order valence-corrected chi connectivity index (χ0v) is 18.8. The molecule has 0 saturated heterocycles. The molecule has 33 heavy (non-hydrogen) atoms. The Kier molecular flexibility index (Phi) is 4.29. The summed E-state index contributed by atoms with van der Waals surface area (Å²) in [5.41, 5.74) is 6.88. The van der Waals surface area contributed by atoms with Crippen molar-refractivity contribution < 1.29 is 9.53 Å². The number of aromatic nitrogens is 5. The first-order chi connectivity index (χ1) is 16.1. The van der Waals surface area contributed by atoms with Gasteiger partial charge in [-0.25, -0.2) is 4.98 Å². The fraction of sp³-hybridized carbons (Fsp3) is 0.240. The second kappa shape index (κ2) is 7.23. The minimum atomic E-state index is 0.555. The fourth-order valence-electron chi connectivity index (χ4n) is 5.04.